The quantitative estimate of drug-likeness (QED) is 0.146. The van der Waals surface area contributed by atoms with Crippen molar-refractivity contribution in [2.75, 3.05) is 49.8 Å². The van der Waals surface area contributed by atoms with E-state index < -0.39 is 0 Å². The molecule has 4 nitrogen and oxygen atoms in total. The van der Waals surface area contributed by atoms with Crippen molar-refractivity contribution < 1.29 is 14.2 Å². The summed E-state index contributed by atoms with van der Waals surface area (Å²) < 4.78 is 17.5. The standard InChI is InChI=1S/C25H30INO3/c1-27-24-12-8-22(9-13-24)6-4-2-3-5-7-23-10-14-25(15-11-23)30-21-20-29-19-18-28-17-16-26/h2-15,27H,16-21H2,1H3/b3-2+,6-4+,7-5+/i26+4. The molecule has 2 rings (SSSR count). The third-order valence-electron chi connectivity index (χ3n) is 4.08. The summed E-state index contributed by atoms with van der Waals surface area (Å²) in [7, 11) is 1.92. The van der Waals surface area contributed by atoms with Crippen molar-refractivity contribution in [3.05, 3.63) is 84.0 Å². The fourth-order valence-electron chi connectivity index (χ4n) is 2.49. The van der Waals surface area contributed by atoms with Gasteiger partial charge in [-0.05, 0) is 35.4 Å². The van der Waals surface area contributed by atoms with Crippen molar-refractivity contribution in [1.82, 2.24) is 0 Å². The Kier molecular flexibility index (Phi) is 12.7. The van der Waals surface area contributed by atoms with Crippen LogP contribution in [0.3, 0.4) is 0 Å². The summed E-state index contributed by atoms with van der Waals surface area (Å²) in [5.41, 5.74) is 3.42. The molecule has 0 aliphatic rings. The summed E-state index contributed by atoms with van der Waals surface area (Å²) in [6.07, 6.45) is 12.2. The molecule has 0 radical (unpaired) electrons. The van der Waals surface area contributed by atoms with Crippen LogP contribution in [0, 0.1) is 0 Å². The Hall–Kier alpha value is -2.09. The minimum atomic E-state index is 0.536. The molecule has 0 amide bonds. The van der Waals surface area contributed by atoms with E-state index in [1.807, 2.05) is 55.6 Å². The molecular formula is C25H30INO3. The van der Waals surface area contributed by atoms with Crippen molar-refractivity contribution in [2.24, 2.45) is 0 Å². The zero-order chi connectivity index (χ0) is 21.3. The minimum absolute atomic E-state index is 0.536. The number of nitrogens with one attached hydrogen (secondary N) is 1. The van der Waals surface area contributed by atoms with Gasteiger partial charge in [0.1, 0.15) is 12.4 Å². The van der Waals surface area contributed by atoms with Crippen LogP contribution in [0.25, 0.3) is 12.2 Å². The second kappa shape index (κ2) is 15.7. The molecule has 0 aliphatic carbocycles. The number of benzene rings is 2. The first-order valence-corrected chi connectivity index (χ1v) is 11.6. The first-order valence-electron chi connectivity index (χ1n) is 10.1. The van der Waals surface area contributed by atoms with E-state index in [0.717, 1.165) is 28.0 Å². The molecule has 0 aromatic heterocycles. The Balaban J connectivity index is 1.63. The highest BCUT2D eigenvalue weighted by molar-refractivity contribution is 14.1. The largest absolute Gasteiger partial charge is 0.491 e. The molecule has 0 bridgehead atoms. The number of hydrogen-bond donors (Lipinski definition) is 1. The topological polar surface area (TPSA) is 39.7 Å². The number of hydrogen-bond acceptors (Lipinski definition) is 4. The molecule has 0 spiro atoms. The molecule has 2 aromatic carbocycles. The van der Waals surface area contributed by atoms with Gasteiger partial charge in [0.25, 0.3) is 0 Å². The van der Waals surface area contributed by atoms with Crippen molar-refractivity contribution in [1.29, 1.82) is 0 Å². The van der Waals surface area contributed by atoms with E-state index >= 15 is 0 Å². The van der Waals surface area contributed by atoms with Crippen LogP contribution in [-0.2, 0) is 9.47 Å². The first kappa shape index (κ1) is 24.2. The van der Waals surface area contributed by atoms with Crippen molar-refractivity contribution in [3.8, 4) is 5.75 Å². The third-order valence-corrected chi connectivity index (χ3v) is 4.52. The molecule has 0 saturated heterocycles. The van der Waals surface area contributed by atoms with E-state index in [1.54, 1.807) is 0 Å². The van der Waals surface area contributed by atoms with Crippen molar-refractivity contribution in [2.45, 2.75) is 0 Å². The summed E-state index contributed by atoms with van der Waals surface area (Å²) in [4.78, 5) is 0. The summed E-state index contributed by atoms with van der Waals surface area (Å²) in [5, 5.41) is 3.11. The molecule has 0 aliphatic heterocycles. The molecule has 0 saturated carbocycles. The maximum atomic E-state index is 5.68. The number of alkyl halides is 1. The van der Waals surface area contributed by atoms with Crippen LogP contribution in [-0.4, -0.2) is 44.5 Å². The number of ether oxygens (including phenoxy) is 3. The van der Waals surface area contributed by atoms with Crippen LogP contribution >= 0.6 is 22.6 Å². The van der Waals surface area contributed by atoms with Gasteiger partial charge in [-0.2, -0.15) is 0 Å². The predicted octanol–water partition coefficient (Wildman–Crippen LogP) is 5.86. The Morgan fingerprint density at radius 2 is 1.23 bits per heavy atom. The lowest BCUT2D eigenvalue weighted by atomic mass is 10.2. The zero-order valence-corrected chi connectivity index (χ0v) is 19.6. The number of halogens is 1. The Labute approximate surface area is 193 Å². The fraction of sp³-hybridized carbons (Fsp3) is 0.280. The number of anilines is 1. The maximum absolute atomic E-state index is 5.68. The minimum Gasteiger partial charge on any atom is -0.491 e. The average Bonchev–Trinajstić information content (AvgIpc) is 2.79. The van der Waals surface area contributed by atoms with Crippen LogP contribution in [0.4, 0.5) is 5.69 Å². The summed E-state index contributed by atoms with van der Waals surface area (Å²) in [5.74, 6) is 0.847. The Morgan fingerprint density at radius 3 is 1.80 bits per heavy atom. The zero-order valence-electron chi connectivity index (χ0n) is 17.4. The van der Waals surface area contributed by atoms with E-state index in [2.05, 4.69) is 64.3 Å². The molecule has 160 valence electrons. The van der Waals surface area contributed by atoms with E-state index in [9.17, 15) is 0 Å². The Morgan fingerprint density at radius 1 is 0.700 bits per heavy atom. The van der Waals surface area contributed by atoms with E-state index in [-0.39, 0.29) is 0 Å². The highest BCUT2D eigenvalue weighted by atomic mass is 131. The summed E-state index contributed by atoms with van der Waals surface area (Å²) >= 11 is 2.29. The average molecular weight is 523 g/mol. The van der Waals surface area contributed by atoms with Crippen LogP contribution in [0.15, 0.2) is 72.8 Å². The third kappa shape index (κ3) is 10.6. The highest BCUT2D eigenvalue weighted by Gasteiger charge is 1.95. The van der Waals surface area contributed by atoms with Crippen LogP contribution in [0.5, 0.6) is 5.75 Å². The van der Waals surface area contributed by atoms with Gasteiger partial charge < -0.3 is 19.5 Å². The van der Waals surface area contributed by atoms with Gasteiger partial charge in [-0.1, -0.05) is 83.3 Å². The predicted molar refractivity (Wildman–Crippen MR) is 136 cm³/mol. The monoisotopic (exact) mass is 523 g/mol. The van der Waals surface area contributed by atoms with Crippen molar-refractivity contribution >= 4 is 40.4 Å². The molecule has 5 heteroatoms. The fourth-order valence-corrected chi connectivity index (χ4v) is 2.80. The molecule has 1 N–H and O–H groups in total. The van der Waals surface area contributed by atoms with E-state index in [1.165, 1.54) is 5.56 Å². The van der Waals surface area contributed by atoms with Gasteiger partial charge >= 0.3 is 0 Å². The molecule has 0 fully saturated rings. The first-order chi connectivity index (χ1) is 14.8. The van der Waals surface area contributed by atoms with Crippen LogP contribution < -0.4 is 10.1 Å². The number of rotatable bonds is 14. The lowest BCUT2D eigenvalue weighted by molar-refractivity contribution is 0.0417. The van der Waals surface area contributed by atoms with Crippen LogP contribution in [0.1, 0.15) is 11.1 Å². The summed E-state index contributed by atoms with van der Waals surface area (Å²) in [6.45, 7) is 3.12. The summed E-state index contributed by atoms with van der Waals surface area (Å²) in [6, 6.07) is 16.3. The second-order valence-corrected chi connectivity index (χ2v) is 7.39. The second-order valence-electron chi connectivity index (χ2n) is 6.31. The molecule has 0 atom stereocenters. The smallest absolute Gasteiger partial charge is 0.119 e. The maximum Gasteiger partial charge on any atom is 0.119 e. The molecule has 2 aromatic rings. The van der Waals surface area contributed by atoms with Gasteiger partial charge in [-0.3, -0.25) is 0 Å². The van der Waals surface area contributed by atoms with E-state index in [4.69, 9.17) is 14.2 Å². The normalized spacial score (nSPS) is 11.7. The highest BCUT2D eigenvalue weighted by Crippen LogP contribution is 2.13. The lowest BCUT2D eigenvalue weighted by Gasteiger charge is -2.07. The van der Waals surface area contributed by atoms with Gasteiger partial charge in [-0.25, -0.2) is 0 Å². The van der Waals surface area contributed by atoms with Crippen LogP contribution in [0.2, 0.25) is 0 Å². The van der Waals surface area contributed by atoms with Gasteiger partial charge in [0.15, 0.2) is 0 Å². The molecule has 0 heterocycles. The lowest BCUT2D eigenvalue weighted by Crippen LogP contribution is -2.11. The number of allylic oxidation sites excluding steroid dienone is 4. The van der Waals surface area contributed by atoms with Gasteiger partial charge in [-0.15, -0.1) is 0 Å². The SMILES string of the molecule is CNc1ccc(/C=C/C=C/C=C/c2ccc(OCCOCCOCC[131I])cc2)cc1. The molecular weight excluding hydrogens is 493 g/mol. The van der Waals surface area contributed by atoms with Gasteiger partial charge in [0.2, 0.25) is 0 Å². The molecule has 30 heavy (non-hydrogen) atoms. The van der Waals surface area contributed by atoms with Crippen molar-refractivity contribution in [3.63, 3.8) is 0 Å². The van der Waals surface area contributed by atoms with Gasteiger partial charge in [0, 0.05) is 17.2 Å². The Bertz CT molecular complexity index is 783. The van der Waals surface area contributed by atoms with Gasteiger partial charge in [0.05, 0.1) is 26.4 Å². The molecule has 0 unspecified atom stereocenters. The van der Waals surface area contributed by atoms with E-state index in [0.29, 0.717) is 26.4 Å².